The van der Waals surface area contributed by atoms with Gasteiger partial charge in [-0.15, -0.1) is 11.3 Å². The monoisotopic (exact) mass is 892 g/mol. The quantitative estimate of drug-likeness (QED) is 0.167. The first-order valence-electron chi connectivity index (χ1n) is 23.3. The lowest BCUT2D eigenvalue weighted by atomic mass is 9.89. The number of nitrogens with zero attached hydrogens (tertiary/aromatic N) is 4. The molecule has 318 valence electrons. The smallest absolute Gasteiger partial charge is 0.165 e. The van der Waals surface area contributed by atoms with E-state index in [9.17, 15) is 0 Å². The second kappa shape index (κ2) is 14.8. The second-order valence-electron chi connectivity index (χ2n) is 18.1. The molecule has 0 atom stereocenters. The molecule has 3 aromatic heterocycles. The minimum atomic E-state index is 0.615. The Morgan fingerprint density at radius 3 is 1.35 bits per heavy atom. The summed E-state index contributed by atoms with van der Waals surface area (Å²) in [6.45, 7) is 0. The van der Waals surface area contributed by atoms with Crippen LogP contribution in [-0.2, 0) is 0 Å². The molecular weight excluding hydrogens is 857 g/mol. The van der Waals surface area contributed by atoms with Gasteiger partial charge >= 0.3 is 0 Å². The molecule has 0 aliphatic heterocycles. The van der Waals surface area contributed by atoms with Crippen molar-refractivity contribution >= 4 is 53.1 Å². The highest BCUT2D eigenvalue weighted by molar-refractivity contribution is 7.26. The Kier molecular flexibility index (Phi) is 8.20. The molecule has 0 saturated carbocycles. The van der Waals surface area contributed by atoms with Crippen molar-refractivity contribution in [1.82, 2.24) is 19.9 Å². The normalized spacial score (nSPS) is 12.1. The Hall–Kier alpha value is -8.90. The first kappa shape index (κ1) is 38.2. The van der Waals surface area contributed by atoms with Gasteiger partial charge in [-0.25, -0.2) is 15.0 Å². The molecule has 15 rings (SSSR count). The Balaban J connectivity index is 0.988. The predicted octanol–water partition coefficient (Wildman–Crippen LogP) is 17.2. The van der Waals surface area contributed by atoms with Crippen molar-refractivity contribution in [3.63, 3.8) is 0 Å². The maximum atomic E-state index is 5.49. The van der Waals surface area contributed by atoms with Crippen molar-refractivity contribution in [2.45, 2.75) is 0 Å². The Bertz CT molecular complexity index is 4090. The summed E-state index contributed by atoms with van der Waals surface area (Å²) < 4.78 is 2.39. The van der Waals surface area contributed by atoms with Gasteiger partial charge in [-0.3, -0.25) is 4.98 Å². The SMILES string of the molecule is c1cncc(-c2ccc(-c3nc(-c4cc(-c5ccc6c7c(cccc57)-c5ccccc5-6)cc(-c5ccc6c7c(cccc57)-c5ccccc5-6)c4)nc(-c4cccc5c4sc4ccccc45)n3)cc2)c1. The highest BCUT2D eigenvalue weighted by Gasteiger charge is 2.26. The average Bonchev–Trinajstić information content (AvgIpc) is 4.08. The largest absolute Gasteiger partial charge is 0.264 e. The van der Waals surface area contributed by atoms with Crippen LogP contribution in [0.4, 0.5) is 0 Å². The van der Waals surface area contributed by atoms with E-state index in [4.69, 9.17) is 15.0 Å². The fourth-order valence-corrected chi connectivity index (χ4v) is 12.4. The minimum absolute atomic E-state index is 0.615. The van der Waals surface area contributed by atoms with Crippen molar-refractivity contribution in [1.29, 1.82) is 0 Å². The lowest BCUT2D eigenvalue weighted by molar-refractivity contribution is 1.08. The molecule has 10 aromatic carbocycles. The molecule has 13 aromatic rings. The number of thiophene rings is 1. The molecule has 4 nitrogen and oxygen atoms in total. The van der Waals surface area contributed by atoms with E-state index in [1.54, 1.807) is 17.5 Å². The van der Waals surface area contributed by atoms with Crippen LogP contribution in [0, 0.1) is 0 Å². The van der Waals surface area contributed by atoms with Crippen molar-refractivity contribution in [3.05, 3.63) is 219 Å². The molecule has 0 radical (unpaired) electrons. The second-order valence-corrected chi connectivity index (χ2v) is 19.1. The van der Waals surface area contributed by atoms with Crippen molar-refractivity contribution in [2.24, 2.45) is 0 Å². The van der Waals surface area contributed by atoms with Crippen LogP contribution >= 0.6 is 11.3 Å². The Morgan fingerprint density at radius 1 is 0.275 bits per heavy atom. The van der Waals surface area contributed by atoms with Gasteiger partial charge in [0.15, 0.2) is 17.5 Å². The predicted molar refractivity (Wildman–Crippen MR) is 287 cm³/mol. The zero-order valence-electron chi connectivity index (χ0n) is 37.0. The summed E-state index contributed by atoms with van der Waals surface area (Å²) in [7, 11) is 0. The molecule has 0 spiro atoms. The van der Waals surface area contributed by atoms with Crippen LogP contribution in [0.25, 0.3) is 154 Å². The van der Waals surface area contributed by atoms with Gasteiger partial charge in [-0.2, -0.15) is 0 Å². The number of rotatable bonds is 6. The maximum absolute atomic E-state index is 5.49. The molecule has 0 unspecified atom stereocenters. The van der Waals surface area contributed by atoms with E-state index in [1.807, 2.05) is 12.3 Å². The first-order valence-corrected chi connectivity index (χ1v) is 24.2. The van der Waals surface area contributed by atoms with E-state index in [1.165, 1.54) is 92.7 Å². The van der Waals surface area contributed by atoms with Crippen LogP contribution in [-0.4, -0.2) is 19.9 Å². The third-order valence-corrected chi connectivity index (χ3v) is 15.5. The lowest BCUT2D eigenvalue weighted by Gasteiger charge is -2.16. The topological polar surface area (TPSA) is 51.6 Å². The van der Waals surface area contributed by atoms with Crippen LogP contribution < -0.4 is 0 Å². The van der Waals surface area contributed by atoms with E-state index >= 15 is 0 Å². The van der Waals surface area contributed by atoms with Crippen LogP contribution in [0.3, 0.4) is 0 Å². The van der Waals surface area contributed by atoms with Gasteiger partial charge in [-0.1, -0.05) is 170 Å². The molecule has 0 bridgehead atoms. The van der Waals surface area contributed by atoms with Crippen LogP contribution in [0.5, 0.6) is 0 Å². The van der Waals surface area contributed by atoms with Crippen LogP contribution in [0.2, 0.25) is 0 Å². The third-order valence-electron chi connectivity index (χ3n) is 14.3. The number of hydrogen-bond donors (Lipinski definition) is 0. The summed E-state index contributed by atoms with van der Waals surface area (Å²) in [4.78, 5) is 20.6. The van der Waals surface area contributed by atoms with Crippen molar-refractivity contribution in [2.75, 3.05) is 0 Å². The third kappa shape index (κ3) is 5.81. The summed E-state index contributed by atoms with van der Waals surface area (Å²) in [5, 5.41) is 7.47. The highest BCUT2D eigenvalue weighted by Crippen LogP contribution is 2.52. The molecule has 2 aliphatic carbocycles. The number of hydrogen-bond acceptors (Lipinski definition) is 5. The number of benzene rings is 10. The fourth-order valence-electron chi connectivity index (χ4n) is 11.2. The molecule has 0 N–H and O–H groups in total. The molecule has 69 heavy (non-hydrogen) atoms. The van der Waals surface area contributed by atoms with Crippen molar-refractivity contribution in [3.8, 4) is 112 Å². The summed E-state index contributed by atoms with van der Waals surface area (Å²) in [6.07, 6.45) is 3.70. The lowest BCUT2D eigenvalue weighted by Crippen LogP contribution is -2.01. The van der Waals surface area contributed by atoms with E-state index in [0.29, 0.717) is 17.5 Å². The van der Waals surface area contributed by atoms with Crippen molar-refractivity contribution < 1.29 is 0 Å². The standard InChI is InChI=1S/C64H36N4S/c1-3-14-47-45(12-1)52-19-7-17-50-43(28-30-54(47)59(50)52)40-33-41(44-29-31-55-48-15-4-2-13-46(48)53-20-8-18-51(44)60(53)55)35-42(34-40)63-66-62(38-26-24-37(25-27-38)39-11-10-32-65-36-39)67-64(68-63)57-22-9-21-56-49-16-5-6-23-58(49)69-61(56)57/h1-36H. The zero-order chi connectivity index (χ0) is 45.2. The van der Waals surface area contributed by atoms with E-state index < -0.39 is 0 Å². The zero-order valence-corrected chi connectivity index (χ0v) is 37.8. The van der Waals surface area contributed by atoms with Gasteiger partial charge in [0.05, 0.1) is 0 Å². The molecule has 0 fully saturated rings. The van der Waals surface area contributed by atoms with E-state index in [-0.39, 0.29) is 0 Å². The van der Waals surface area contributed by atoms with Crippen LogP contribution in [0.1, 0.15) is 0 Å². The van der Waals surface area contributed by atoms with Gasteiger partial charge in [0.1, 0.15) is 0 Å². The maximum Gasteiger partial charge on any atom is 0.165 e. The molecule has 2 aliphatic rings. The first-order chi connectivity index (χ1) is 34.2. The van der Waals surface area contributed by atoms with Gasteiger partial charge in [-0.05, 0) is 136 Å². The summed E-state index contributed by atoms with van der Waals surface area (Å²) in [5.74, 6) is 1.87. The summed E-state index contributed by atoms with van der Waals surface area (Å²) >= 11 is 1.79. The minimum Gasteiger partial charge on any atom is -0.264 e. The molecular formula is C64H36N4S. The van der Waals surface area contributed by atoms with E-state index in [0.717, 1.165) is 43.6 Å². The van der Waals surface area contributed by atoms with Gasteiger partial charge in [0, 0.05) is 49.3 Å². The van der Waals surface area contributed by atoms with Crippen LogP contribution in [0.15, 0.2) is 219 Å². The highest BCUT2D eigenvalue weighted by atomic mass is 32.1. The Labute approximate surface area is 401 Å². The van der Waals surface area contributed by atoms with Gasteiger partial charge in [0.2, 0.25) is 0 Å². The summed E-state index contributed by atoms with van der Waals surface area (Å²) in [5.41, 5.74) is 19.7. The van der Waals surface area contributed by atoms with Gasteiger partial charge < -0.3 is 0 Å². The Morgan fingerprint density at radius 2 is 0.739 bits per heavy atom. The van der Waals surface area contributed by atoms with Gasteiger partial charge in [0.25, 0.3) is 0 Å². The molecule has 0 amide bonds. The molecule has 5 heteroatoms. The molecule has 0 saturated heterocycles. The summed E-state index contributed by atoms with van der Waals surface area (Å²) in [6, 6.07) is 74.9. The average molecular weight is 893 g/mol. The fraction of sp³-hybridized carbons (Fsp3) is 0. The molecule has 3 heterocycles. The number of fused-ring (bicyclic) bond motifs is 9. The number of aromatic nitrogens is 4. The number of pyridine rings is 1. The van der Waals surface area contributed by atoms with E-state index in [2.05, 4.69) is 205 Å².